The van der Waals surface area contributed by atoms with E-state index in [9.17, 15) is 22.0 Å². The maximum Gasteiger partial charge on any atom is 0.365 e. The molecule has 2 nitrogen and oxygen atoms in total. The normalized spacial score (nSPS) is 24.2. The molecule has 0 amide bonds. The van der Waals surface area contributed by atoms with Gasteiger partial charge in [0.1, 0.15) is 5.75 Å². The van der Waals surface area contributed by atoms with E-state index in [2.05, 4.69) is 4.74 Å². The van der Waals surface area contributed by atoms with Crippen LogP contribution >= 0.6 is 0 Å². The first kappa shape index (κ1) is 15.8. The number of halogens is 5. The topological polar surface area (TPSA) is 18.5 Å². The lowest BCUT2D eigenvalue weighted by Crippen LogP contribution is -2.56. The molecule has 1 aliphatic carbocycles. The largest absolute Gasteiger partial charge is 0.491 e. The number of rotatable bonds is 5. The average molecular weight is 308 g/mol. The summed E-state index contributed by atoms with van der Waals surface area (Å²) in [5.74, 6) is -12.9. The van der Waals surface area contributed by atoms with E-state index < -0.39 is 30.0 Å². The lowest BCUT2D eigenvalue weighted by molar-refractivity contribution is -0.288. The van der Waals surface area contributed by atoms with Gasteiger partial charge in [0.15, 0.2) is 0 Å². The van der Waals surface area contributed by atoms with Gasteiger partial charge in [-0.3, -0.25) is 0 Å². The molecule has 1 atom stereocenters. The first-order valence-corrected chi connectivity index (χ1v) is 6.21. The van der Waals surface area contributed by atoms with Gasteiger partial charge >= 0.3 is 11.8 Å². The van der Waals surface area contributed by atoms with Gasteiger partial charge < -0.3 is 9.47 Å². The number of hydrogen-bond donors (Lipinski definition) is 0. The van der Waals surface area contributed by atoms with Crippen LogP contribution in [-0.4, -0.2) is 17.9 Å². The summed E-state index contributed by atoms with van der Waals surface area (Å²) in [5, 5.41) is 0. The van der Waals surface area contributed by atoms with Crippen LogP contribution in [0.4, 0.5) is 22.0 Å². The molecule has 1 aromatic rings. The van der Waals surface area contributed by atoms with Crippen molar-refractivity contribution in [3.05, 3.63) is 41.5 Å². The van der Waals surface area contributed by atoms with Crippen LogP contribution in [0.25, 0.3) is 0 Å². The van der Waals surface area contributed by atoms with E-state index in [0.29, 0.717) is 11.3 Å². The summed E-state index contributed by atoms with van der Waals surface area (Å²) in [6, 6.07) is 6.07. The molecule has 0 spiro atoms. The Morgan fingerprint density at radius 3 is 2.33 bits per heavy atom. The first-order valence-electron chi connectivity index (χ1n) is 6.21. The molecule has 116 valence electrons. The number of benzene rings is 1. The maximum absolute atomic E-state index is 13.6. The molecule has 0 heterocycles. The van der Waals surface area contributed by atoms with Crippen molar-refractivity contribution in [1.29, 1.82) is 0 Å². The second-order valence-corrected chi connectivity index (χ2v) is 4.90. The molecule has 0 N–H and O–H groups in total. The Hall–Kier alpha value is -1.63. The summed E-state index contributed by atoms with van der Waals surface area (Å²) in [6.45, 7) is 2.93. The Bertz CT molecular complexity index is 570. The van der Waals surface area contributed by atoms with Crippen molar-refractivity contribution in [1.82, 2.24) is 0 Å². The van der Waals surface area contributed by atoms with Crippen LogP contribution in [0.15, 0.2) is 35.9 Å². The SMILES string of the molecule is CC(C)Oc1cccc(COC2(F)C(F)=C(F)C2(F)F)c1. The number of hydrogen-bond acceptors (Lipinski definition) is 2. The average Bonchev–Trinajstić information content (AvgIpc) is 2.42. The van der Waals surface area contributed by atoms with E-state index in [0.717, 1.165) is 0 Å². The van der Waals surface area contributed by atoms with Crippen LogP contribution in [0.1, 0.15) is 19.4 Å². The molecule has 0 bridgehead atoms. The minimum absolute atomic E-state index is 0.112. The third-order valence-corrected chi connectivity index (χ3v) is 2.86. The molecule has 1 unspecified atom stereocenters. The summed E-state index contributed by atoms with van der Waals surface area (Å²) < 4.78 is 74.7. The molecule has 0 fully saturated rings. The summed E-state index contributed by atoms with van der Waals surface area (Å²) in [4.78, 5) is 0. The monoisotopic (exact) mass is 308 g/mol. The first-order chi connectivity index (χ1) is 9.68. The highest BCUT2D eigenvalue weighted by Crippen LogP contribution is 2.56. The Balaban J connectivity index is 2.08. The van der Waals surface area contributed by atoms with Crippen molar-refractivity contribution in [2.75, 3.05) is 0 Å². The van der Waals surface area contributed by atoms with Crippen molar-refractivity contribution < 1.29 is 31.4 Å². The Labute approximate surface area is 118 Å². The van der Waals surface area contributed by atoms with Crippen molar-refractivity contribution in [2.45, 2.75) is 38.3 Å². The summed E-state index contributed by atoms with van der Waals surface area (Å²) in [5.41, 5.74) is 0.293. The molecule has 0 saturated carbocycles. The number of ether oxygens (including phenoxy) is 2. The van der Waals surface area contributed by atoms with Gasteiger partial charge in [-0.2, -0.15) is 13.2 Å². The molecule has 2 rings (SSSR count). The van der Waals surface area contributed by atoms with Crippen molar-refractivity contribution in [3.63, 3.8) is 0 Å². The highest BCUT2D eigenvalue weighted by molar-refractivity contribution is 5.35. The zero-order valence-corrected chi connectivity index (χ0v) is 11.3. The third-order valence-electron chi connectivity index (χ3n) is 2.86. The number of alkyl halides is 3. The van der Waals surface area contributed by atoms with Gasteiger partial charge in [-0.1, -0.05) is 12.1 Å². The van der Waals surface area contributed by atoms with Gasteiger partial charge in [0.05, 0.1) is 12.7 Å². The molecule has 0 saturated heterocycles. The van der Waals surface area contributed by atoms with Gasteiger partial charge in [0.2, 0.25) is 11.7 Å². The van der Waals surface area contributed by atoms with Crippen molar-refractivity contribution >= 4 is 0 Å². The highest BCUT2D eigenvalue weighted by Gasteiger charge is 2.74. The molecule has 1 aliphatic rings. The van der Waals surface area contributed by atoms with Crippen LogP contribution < -0.4 is 4.74 Å². The molecule has 0 aromatic heterocycles. The van der Waals surface area contributed by atoms with Gasteiger partial charge in [0, 0.05) is 0 Å². The Morgan fingerprint density at radius 1 is 1.10 bits per heavy atom. The summed E-state index contributed by atoms with van der Waals surface area (Å²) in [7, 11) is 0. The minimum atomic E-state index is -4.61. The Kier molecular flexibility index (Phi) is 3.97. The summed E-state index contributed by atoms with van der Waals surface area (Å²) in [6.07, 6.45) is -0.112. The third kappa shape index (κ3) is 2.62. The van der Waals surface area contributed by atoms with Crippen LogP contribution in [0.5, 0.6) is 5.75 Å². The second kappa shape index (κ2) is 5.29. The maximum atomic E-state index is 13.6. The predicted molar refractivity (Wildman–Crippen MR) is 65.0 cm³/mol. The standard InChI is InChI=1S/C14H13F5O2/c1-8(2)21-10-5-3-4-9(6-10)7-20-14(19)12(16)11(15)13(14,17)18/h3-6,8H,7H2,1-2H3. The zero-order chi connectivity index (χ0) is 15.8. The lowest BCUT2D eigenvalue weighted by Gasteiger charge is -2.38. The quantitative estimate of drug-likeness (QED) is 0.748. The second-order valence-electron chi connectivity index (χ2n) is 4.90. The fourth-order valence-electron chi connectivity index (χ4n) is 1.81. The molecular formula is C14H13F5O2. The van der Waals surface area contributed by atoms with E-state index in [1.54, 1.807) is 26.0 Å². The van der Waals surface area contributed by atoms with Crippen LogP contribution in [0.2, 0.25) is 0 Å². The molecule has 0 aliphatic heterocycles. The smallest absolute Gasteiger partial charge is 0.365 e. The highest BCUT2D eigenvalue weighted by atomic mass is 19.3. The predicted octanol–water partition coefficient (Wildman–Crippen LogP) is 4.46. The minimum Gasteiger partial charge on any atom is -0.491 e. The van der Waals surface area contributed by atoms with E-state index in [1.165, 1.54) is 12.1 Å². The molecule has 0 radical (unpaired) electrons. The fourth-order valence-corrected chi connectivity index (χ4v) is 1.81. The Morgan fingerprint density at radius 2 is 1.76 bits per heavy atom. The van der Waals surface area contributed by atoms with E-state index in [-0.39, 0.29) is 6.10 Å². The van der Waals surface area contributed by atoms with E-state index >= 15 is 0 Å². The molecular weight excluding hydrogens is 295 g/mol. The zero-order valence-electron chi connectivity index (χ0n) is 11.3. The summed E-state index contributed by atoms with van der Waals surface area (Å²) >= 11 is 0. The lowest BCUT2D eigenvalue weighted by atomic mass is 9.95. The van der Waals surface area contributed by atoms with Crippen molar-refractivity contribution in [3.8, 4) is 5.75 Å². The van der Waals surface area contributed by atoms with Crippen molar-refractivity contribution in [2.24, 2.45) is 0 Å². The van der Waals surface area contributed by atoms with E-state index in [1.807, 2.05) is 0 Å². The fraction of sp³-hybridized carbons (Fsp3) is 0.429. The van der Waals surface area contributed by atoms with Gasteiger partial charge in [-0.15, -0.1) is 0 Å². The van der Waals surface area contributed by atoms with Gasteiger partial charge in [-0.25, -0.2) is 8.78 Å². The van der Waals surface area contributed by atoms with E-state index in [4.69, 9.17) is 4.74 Å². The van der Waals surface area contributed by atoms with Crippen LogP contribution in [0, 0.1) is 0 Å². The van der Waals surface area contributed by atoms with Crippen LogP contribution in [-0.2, 0) is 11.3 Å². The van der Waals surface area contributed by atoms with Gasteiger partial charge in [0.25, 0.3) is 0 Å². The molecule has 21 heavy (non-hydrogen) atoms. The van der Waals surface area contributed by atoms with Crippen LogP contribution in [0.3, 0.4) is 0 Å². The molecule has 1 aromatic carbocycles. The van der Waals surface area contributed by atoms with Gasteiger partial charge in [-0.05, 0) is 31.5 Å². The molecule has 7 heteroatoms.